The summed E-state index contributed by atoms with van der Waals surface area (Å²) in [6.07, 6.45) is 2.88. The monoisotopic (exact) mass is 782 g/mol. The Morgan fingerprint density at radius 2 is 1.13 bits per heavy atom. The Bertz CT molecular complexity index is 3460. The van der Waals surface area contributed by atoms with Gasteiger partial charge in [-0.3, -0.25) is 0 Å². The summed E-state index contributed by atoms with van der Waals surface area (Å²) >= 11 is 0. The van der Waals surface area contributed by atoms with E-state index >= 15 is 0 Å². The second-order valence-electron chi connectivity index (χ2n) is 17.1. The van der Waals surface area contributed by atoms with Gasteiger partial charge in [-0.25, -0.2) is 4.85 Å². The molecule has 1 aliphatic carbocycles. The van der Waals surface area contributed by atoms with Crippen LogP contribution in [0.3, 0.4) is 0 Å². The molecule has 4 nitrogen and oxygen atoms in total. The fourth-order valence-electron chi connectivity index (χ4n) is 10.0. The van der Waals surface area contributed by atoms with Crippen LogP contribution in [-0.4, -0.2) is 0 Å². The van der Waals surface area contributed by atoms with Gasteiger partial charge in [0.1, 0.15) is 0 Å². The molecule has 0 heterocycles. The van der Waals surface area contributed by atoms with Crippen molar-refractivity contribution < 1.29 is 0 Å². The first-order valence-corrected chi connectivity index (χ1v) is 21.2. The van der Waals surface area contributed by atoms with Crippen molar-refractivity contribution in [1.29, 1.82) is 5.26 Å². The number of benzene rings is 10. The summed E-state index contributed by atoms with van der Waals surface area (Å²) in [5, 5.41) is 22.2. The highest BCUT2D eigenvalue weighted by Crippen LogP contribution is 2.54. The molecule has 10 aromatic rings. The van der Waals surface area contributed by atoms with Crippen LogP contribution in [0.5, 0.6) is 0 Å². The van der Waals surface area contributed by atoms with Crippen LogP contribution >= 0.6 is 0 Å². The lowest BCUT2D eigenvalue weighted by Gasteiger charge is -2.37. The zero-order chi connectivity index (χ0) is 41.4. The van der Waals surface area contributed by atoms with E-state index in [1.165, 1.54) is 70.6 Å². The predicted molar refractivity (Wildman–Crippen MR) is 256 cm³/mol. The molecule has 0 aromatic heterocycles. The maximum atomic E-state index is 9.80. The minimum atomic E-state index is -0.0573. The van der Waals surface area contributed by atoms with E-state index in [0.717, 1.165) is 53.4 Å². The Morgan fingerprint density at radius 1 is 0.574 bits per heavy atom. The number of rotatable bonds is 7. The summed E-state index contributed by atoms with van der Waals surface area (Å²) < 4.78 is 0. The van der Waals surface area contributed by atoms with Gasteiger partial charge in [0.2, 0.25) is 0 Å². The third-order valence-corrected chi connectivity index (χ3v) is 13.2. The molecule has 0 radical (unpaired) electrons. The molecular formula is C57H42N4. The van der Waals surface area contributed by atoms with Crippen LogP contribution in [0.25, 0.3) is 58.7 Å². The summed E-state index contributed by atoms with van der Waals surface area (Å²) in [6, 6.07) is 61.1. The van der Waals surface area contributed by atoms with Gasteiger partial charge in [0.15, 0.2) is 5.69 Å². The van der Waals surface area contributed by atoms with Crippen molar-refractivity contribution in [3.8, 4) is 6.07 Å². The molecule has 290 valence electrons. The minimum absolute atomic E-state index is 0.0573. The molecule has 0 atom stereocenters. The number of hydrogen-bond donors (Lipinski definition) is 0. The average molecular weight is 783 g/mol. The molecule has 0 unspecified atom stereocenters. The van der Waals surface area contributed by atoms with E-state index in [4.69, 9.17) is 6.57 Å². The van der Waals surface area contributed by atoms with Crippen molar-refractivity contribution in [3.05, 3.63) is 197 Å². The predicted octanol–water partition coefficient (Wildman–Crippen LogP) is 16.0. The van der Waals surface area contributed by atoms with Crippen LogP contribution in [0.15, 0.2) is 164 Å². The molecule has 0 fully saturated rings. The third kappa shape index (κ3) is 5.79. The van der Waals surface area contributed by atoms with Crippen molar-refractivity contribution >= 4 is 93.7 Å². The number of nitriles is 1. The molecule has 0 N–H and O–H groups in total. The van der Waals surface area contributed by atoms with Gasteiger partial charge in [0.05, 0.1) is 29.6 Å². The quantitative estimate of drug-likeness (QED) is 0.119. The zero-order valence-corrected chi connectivity index (χ0v) is 34.5. The molecule has 0 saturated heterocycles. The molecule has 0 amide bonds. The normalized spacial score (nSPS) is 13.2. The summed E-state index contributed by atoms with van der Waals surface area (Å²) in [7, 11) is 0. The van der Waals surface area contributed by atoms with Crippen molar-refractivity contribution in [2.45, 2.75) is 45.4 Å². The van der Waals surface area contributed by atoms with Crippen molar-refractivity contribution in [2.24, 2.45) is 0 Å². The SMILES string of the molecule is [C-]#[N+]c1ccc(N(c2ccc3ccccc3c2)c2cc(CC)c3ccc4c(N(c5ccc(C#N)cc5)c5ccc6ccccc6c5)cc5c6c(cc2c3c46)C(C)(C)CC5)cc1. The standard InChI is InChI=1S/C57H42N4/c1-5-37-32-53(61(45-24-18-43(59-4)19-25-45)47-23-17-39-11-7-9-13-41(39)31-47)50-34-51-54-42(28-29-57(51,2)3)33-52(49-27-26-48(37)55(50)56(49)54)60(44-20-14-36(35-58)15-21-44)46-22-16-38-10-6-8-12-40(38)30-46/h6-27,30-34H,5,28-29H2,1-3H3. The Labute approximate surface area is 356 Å². The topological polar surface area (TPSA) is 34.6 Å². The van der Waals surface area contributed by atoms with Crippen LogP contribution in [0.4, 0.5) is 39.8 Å². The largest absolute Gasteiger partial charge is 0.310 e. The number of fused-ring (bicyclic) bond motifs is 2. The van der Waals surface area contributed by atoms with E-state index in [-0.39, 0.29) is 5.41 Å². The van der Waals surface area contributed by atoms with E-state index in [2.05, 4.69) is 181 Å². The van der Waals surface area contributed by atoms with Gasteiger partial charge in [0.25, 0.3) is 0 Å². The lowest BCUT2D eigenvalue weighted by atomic mass is 9.70. The van der Waals surface area contributed by atoms with E-state index in [1.807, 2.05) is 24.3 Å². The lowest BCUT2D eigenvalue weighted by Crippen LogP contribution is -2.24. The highest BCUT2D eigenvalue weighted by atomic mass is 15.2. The minimum Gasteiger partial charge on any atom is -0.310 e. The Balaban J connectivity index is 1.26. The summed E-state index contributed by atoms with van der Waals surface area (Å²) in [6.45, 7) is 14.8. The first-order chi connectivity index (χ1) is 29.8. The van der Waals surface area contributed by atoms with Gasteiger partial charge < -0.3 is 9.80 Å². The number of anilines is 6. The first kappa shape index (κ1) is 36.4. The summed E-state index contributed by atoms with van der Waals surface area (Å²) in [5.74, 6) is 0. The van der Waals surface area contributed by atoms with Gasteiger partial charge in [0, 0.05) is 38.9 Å². The Hall–Kier alpha value is -7.66. The van der Waals surface area contributed by atoms with Crippen LogP contribution in [-0.2, 0) is 18.3 Å². The number of hydrogen-bond acceptors (Lipinski definition) is 3. The van der Waals surface area contributed by atoms with Gasteiger partial charge in [-0.2, -0.15) is 5.26 Å². The molecule has 0 saturated carbocycles. The van der Waals surface area contributed by atoms with Gasteiger partial charge in [-0.1, -0.05) is 106 Å². The van der Waals surface area contributed by atoms with Crippen molar-refractivity contribution in [2.75, 3.05) is 9.80 Å². The second kappa shape index (κ2) is 14.0. The van der Waals surface area contributed by atoms with Crippen LogP contribution < -0.4 is 9.80 Å². The summed E-state index contributed by atoms with van der Waals surface area (Å²) in [5.41, 5.74) is 11.7. The lowest BCUT2D eigenvalue weighted by molar-refractivity contribution is 0.475. The molecule has 0 spiro atoms. The molecule has 0 bridgehead atoms. The van der Waals surface area contributed by atoms with Gasteiger partial charge in [-0.05, 0) is 158 Å². The first-order valence-electron chi connectivity index (χ1n) is 21.2. The van der Waals surface area contributed by atoms with E-state index in [9.17, 15) is 5.26 Å². The molecule has 10 aromatic carbocycles. The van der Waals surface area contributed by atoms with Gasteiger partial charge in [-0.15, -0.1) is 0 Å². The van der Waals surface area contributed by atoms with E-state index in [1.54, 1.807) is 0 Å². The maximum absolute atomic E-state index is 9.80. The molecule has 4 heteroatoms. The summed E-state index contributed by atoms with van der Waals surface area (Å²) in [4.78, 5) is 8.56. The van der Waals surface area contributed by atoms with Crippen LogP contribution in [0.2, 0.25) is 0 Å². The van der Waals surface area contributed by atoms with Crippen molar-refractivity contribution in [1.82, 2.24) is 0 Å². The maximum Gasteiger partial charge on any atom is 0.187 e. The molecule has 61 heavy (non-hydrogen) atoms. The molecule has 11 rings (SSSR count). The highest BCUT2D eigenvalue weighted by Gasteiger charge is 2.33. The zero-order valence-electron chi connectivity index (χ0n) is 34.5. The third-order valence-electron chi connectivity index (χ3n) is 13.2. The highest BCUT2D eigenvalue weighted by molar-refractivity contribution is 6.30. The fraction of sp³-hybridized carbons (Fsp3) is 0.123. The van der Waals surface area contributed by atoms with Gasteiger partial charge >= 0.3 is 0 Å². The number of nitrogens with zero attached hydrogens (tertiary/aromatic N) is 4. The molecular weight excluding hydrogens is 741 g/mol. The van der Waals surface area contributed by atoms with E-state index in [0.29, 0.717) is 11.3 Å². The molecule has 1 aliphatic rings. The number of aryl methyl sites for hydroxylation is 2. The molecule has 0 aliphatic heterocycles. The van der Waals surface area contributed by atoms with Crippen LogP contribution in [0.1, 0.15) is 49.4 Å². The van der Waals surface area contributed by atoms with E-state index < -0.39 is 0 Å². The Morgan fingerprint density at radius 3 is 1.72 bits per heavy atom. The second-order valence-corrected chi connectivity index (χ2v) is 17.1. The smallest absolute Gasteiger partial charge is 0.187 e. The Kier molecular flexibility index (Phi) is 8.35. The van der Waals surface area contributed by atoms with Crippen LogP contribution in [0, 0.1) is 17.9 Å². The van der Waals surface area contributed by atoms with Crippen molar-refractivity contribution in [3.63, 3.8) is 0 Å². The average Bonchev–Trinajstić information content (AvgIpc) is 3.30. The fourth-order valence-corrected chi connectivity index (χ4v) is 10.0.